The predicted molar refractivity (Wildman–Crippen MR) is 83.0 cm³/mol. The summed E-state index contributed by atoms with van der Waals surface area (Å²) >= 11 is 0. The molecule has 1 aliphatic rings. The standard InChI is InChI=1S/C16H21NO6/c1-20-12-7-11(8-13(21-2)15(12)22-3)17-14(18)9-23-16(19)10-5-4-6-10/h7-8,10H,4-6,9H2,1-3H3,(H,17,18). The molecule has 0 bridgehead atoms. The van der Waals surface area contributed by atoms with Gasteiger partial charge in [0.2, 0.25) is 5.75 Å². The van der Waals surface area contributed by atoms with Gasteiger partial charge < -0.3 is 24.3 Å². The summed E-state index contributed by atoms with van der Waals surface area (Å²) in [5, 5.41) is 2.64. The van der Waals surface area contributed by atoms with E-state index in [-0.39, 0.29) is 18.5 Å². The normalized spacial score (nSPS) is 13.7. The highest BCUT2D eigenvalue weighted by molar-refractivity contribution is 5.93. The van der Waals surface area contributed by atoms with Gasteiger partial charge in [0.05, 0.1) is 27.2 Å². The molecule has 0 radical (unpaired) electrons. The fourth-order valence-corrected chi connectivity index (χ4v) is 2.25. The fraction of sp³-hybridized carbons (Fsp3) is 0.500. The van der Waals surface area contributed by atoms with Crippen molar-refractivity contribution in [1.82, 2.24) is 0 Å². The average molecular weight is 323 g/mol. The maximum absolute atomic E-state index is 11.9. The van der Waals surface area contributed by atoms with E-state index in [1.807, 2.05) is 0 Å². The molecule has 126 valence electrons. The van der Waals surface area contributed by atoms with Gasteiger partial charge in [-0.25, -0.2) is 0 Å². The summed E-state index contributed by atoms with van der Waals surface area (Å²) in [4.78, 5) is 23.5. The SMILES string of the molecule is COc1cc(NC(=O)COC(=O)C2CCC2)cc(OC)c1OC. The lowest BCUT2D eigenvalue weighted by Gasteiger charge is -2.22. The third kappa shape index (κ3) is 4.06. The number of methoxy groups -OCH3 is 3. The second-order valence-corrected chi connectivity index (χ2v) is 5.20. The Balaban J connectivity index is 1.98. The molecule has 7 nitrogen and oxygen atoms in total. The molecule has 1 aliphatic carbocycles. The van der Waals surface area contributed by atoms with E-state index < -0.39 is 5.91 Å². The molecular weight excluding hydrogens is 302 g/mol. The number of amides is 1. The molecule has 1 N–H and O–H groups in total. The average Bonchev–Trinajstić information content (AvgIpc) is 2.50. The van der Waals surface area contributed by atoms with Gasteiger partial charge in [0.1, 0.15) is 0 Å². The molecule has 0 spiro atoms. The van der Waals surface area contributed by atoms with Gasteiger partial charge in [-0.3, -0.25) is 9.59 Å². The highest BCUT2D eigenvalue weighted by atomic mass is 16.5. The van der Waals surface area contributed by atoms with Gasteiger partial charge >= 0.3 is 5.97 Å². The van der Waals surface area contributed by atoms with Crippen molar-refractivity contribution in [2.45, 2.75) is 19.3 Å². The monoisotopic (exact) mass is 323 g/mol. The molecule has 2 rings (SSSR count). The summed E-state index contributed by atoms with van der Waals surface area (Å²) in [6, 6.07) is 3.21. The Morgan fingerprint density at radius 3 is 2.13 bits per heavy atom. The fourth-order valence-electron chi connectivity index (χ4n) is 2.25. The minimum Gasteiger partial charge on any atom is -0.493 e. The lowest BCUT2D eigenvalue weighted by Crippen LogP contribution is -2.28. The van der Waals surface area contributed by atoms with Crippen LogP contribution in [0.3, 0.4) is 0 Å². The van der Waals surface area contributed by atoms with Gasteiger partial charge in [0.25, 0.3) is 5.91 Å². The molecule has 0 aromatic heterocycles. The van der Waals surface area contributed by atoms with E-state index in [4.69, 9.17) is 18.9 Å². The zero-order chi connectivity index (χ0) is 16.8. The van der Waals surface area contributed by atoms with Gasteiger partial charge in [-0.2, -0.15) is 0 Å². The molecular formula is C16H21NO6. The third-order valence-corrected chi connectivity index (χ3v) is 3.73. The lowest BCUT2D eigenvalue weighted by molar-refractivity contribution is -0.154. The molecule has 1 saturated carbocycles. The summed E-state index contributed by atoms with van der Waals surface area (Å²) in [6.45, 7) is -0.313. The van der Waals surface area contributed by atoms with Crippen molar-refractivity contribution in [3.63, 3.8) is 0 Å². The van der Waals surface area contributed by atoms with Gasteiger partial charge in [-0.05, 0) is 12.8 Å². The number of nitrogens with one attached hydrogen (secondary N) is 1. The van der Waals surface area contributed by atoms with Gasteiger partial charge in [-0.1, -0.05) is 6.42 Å². The van der Waals surface area contributed by atoms with Crippen LogP contribution in [0, 0.1) is 5.92 Å². The van der Waals surface area contributed by atoms with E-state index in [9.17, 15) is 9.59 Å². The summed E-state index contributed by atoms with van der Waals surface area (Å²) in [6.07, 6.45) is 2.72. The number of carbonyl (C=O) groups is 2. The Morgan fingerprint density at radius 1 is 1.09 bits per heavy atom. The van der Waals surface area contributed by atoms with E-state index in [1.54, 1.807) is 12.1 Å². The maximum atomic E-state index is 11.9. The van der Waals surface area contributed by atoms with Crippen LogP contribution in [0.25, 0.3) is 0 Å². The smallest absolute Gasteiger partial charge is 0.309 e. The van der Waals surface area contributed by atoms with Crippen molar-refractivity contribution in [2.24, 2.45) is 5.92 Å². The minimum atomic E-state index is -0.424. The molecule has 0 atom stereocenters. The van der Waals surface area contributed by atoms with Crippen molar-refractivity contribution in [3.05, 3.63) is 12.1 Å². The van der Waals surface area contributed by atoms with Gasteiger partial charge in [-0.15, -0.1) is 0 Å². The topological polar surface area (TPSA) is 83.1 Å². The molecule has 1 aromatic carbocycles. The predicted octanol–water partition coefficient (Wildman–Crippen LogP) is 1.99. The van der Waals surface area contributed by atoms with Gasteiger partial charge in [0.15, 0.2) is 18.1 Å². The van der Waals surface area contributed by atoms with Crippen LogP contribution in [0.5, 0.6) is 17.2 Å². The van der Waals surface area contributed by atoms with Crippen LogP contribution in [0.2, 0.25) is 0 Å². The Hall–Kier alpha value is -2.44. The molecule has 1 fully saturated rings. The second kappa shape index (κ2) is 7.71. The molecule has 0 unspecified atom stereocenters. The zero-order valence-corrected chi connectivity index (χ0v) is 13.5. The molecule has 0 aliphatic heterocycles. The van der Waals surface area contributed by atoms with Crippen molar-refractivity contribution < 1.29 is 28.5 Å². The molecule has 1 amide bonds. The van der Waals surface area contributed by atoms with Crippen LogP contribution in [0.15, 0.2) is 12.1 Å². The first-order valence-electron chi connectivity index (χ1n) is 7.35. The van der Waals surface area contributed by atoms with Crippen molar-refractivity contribution in [1.29, 1.82) is 0 Å². The summed E-state index contributed by atoms with van der Waals surface area (Å²) in [5.41, 5.74) is 0.462. The van der Waals surface area contributed by atoms with Crippen LogP contribution >= 0.6 is 0 Å². The Morgan fingerprint density at radius 2 is 1.70 bits per heavy atom. The zero-order valence-electron chi connectivity index (χ0n) is 13.5. The summed E-state index contributed by atoms with van der Waals surface area (Å²) in [5.74, 6) is 0.499. The molecule has 0 heterocycles. The number of hydrogen-bond acceptors (Lipinski definition) is 6. The lowest BCUT2D eigenvalue weighted by atomic mass is 9.86. The molecule has 1 aromatic rings. The van der Waals surface area contributed by atoms with E-state index in [2.05, 4.69) is 5.32 Å². The van der Waals surface area contributed by atoms with Crippen LogP contribution < -0.4 is 19.5 Å². The van der Waals surface area contributed by atoms with E-state index >= 15 is 0 Å². The van der Waals surface area contributed by atoms with E-state index in [1.165, 1.54) is 21.3 Å². The number of hydrogen-bond donors (Lipinski definition) is 1. The van der Waals surface area contributed by atoms with Crippen LogP contribution in [-0.4, -0.2) is 39.8 Å². The quantitative estimate of drug-likeness (QED) is 0.773. The van der Waals surface area contributed by atoms with Crippen LogP contribution in [-0.2, 0) is 14.3 Å². The van der Waals surface area contributed by atoms with Crippen molar-refractivity contribution >= 4 is 17.6 Å². The second-order valence-electron chi connectivity index (χ2n) is 5.20. The Bertz CT molecular complexity index is 557. The van der Waals surface area contributed by atoms with E-state index in [0.717, 1.165) is 19.3 Å². The van der Waals surface area contributed by atoms with Crippen LogP contribution in [0.1, 0.15) is 19.3 Å². The van der Waals surface area contributed by atoms with E-state index in [0.29, 0.717) is 22.9 Å². The molecule has 7 heteroatoms. The number of anilines is 1. The molecule has 0 saturated heterocycles. The number of rotatable bonds is 7. The highest BCUT2D eigenvalue weighted by Crippen LogP contribution is 2.39. The summed E-state index contributed by atoms with van der Waals surface area (Å²) < 4.78 is 20.6. The number of esters is 1. The van der Waals surface area contributed by atoms with Crippen LogP contribution in [0.4, 0.5) is 5.69 Å². The largest absolute Gasteiger partial charge is 0.493 e. The van der Waals surface area contributed by atoms with Crippen molar-refractivity contribution in [2.75, 3.05) is 33.3 Å². The Kier molecular flexibility index (Phi) is 5.67. The van der Waals surface area contributed by atoms with Gasteiger partial charge in [0, 0.05) is 17.8 Å². The number of benzene rings is 1. The Labute approximate surface area is 134 Å². The number of ether oxygens (including phenoxy) is 4. The minimum absolute atomic E-state index is 0.0519. The van der Waals surface area contributed by atoms with Crippen molar-refractivity contribution in [3.8, 4) is 17.2 Å². The summed E-state index contributed by atoms with van der Waals surface area (Å²) in [7, 11) is 4.48. The first kappa shape index (κ1) is 16.9. The number of carbonyl (C=O) groups excluding carboxylic acids is 2. The maximum Gasteiger partial charge on any atom is 0.309 e. The third-order valence-electron chi connectivity index (χ3n) is 3.73. The first-order chi connectivity index (χ1) is 11.1. The molecule has 23 heavy (non-hydrogen) atoms. The first-order valence-corrected chi connectivity index (χ1v) is 7.35. The highest BCUT2D eigenvalue weighted by Gasteiger charge is 2.27.